The third-order valence-corrected chi connectivity index (χ3v) is 4.96. The Balaban J connectivity index is 0.00000131. The minimum Gasteiger partial charge on any atom is -0.467 e. The molecule has 1 N–H and O–H groups in total. The van der Waals surface area contributed by atoms with Crippen LogP contribution in [0.1, 0.15) is 27.2 Å². The van der Waals surface area contributed by atoms with Gasteiger partial charge in [-0.15, -0.1) is 24.8 Å². The van der Waals surface area contributed by atoms with E-state index < -0.39 is 0 Å². The molecule has 1 aromatic heterocycles. The van der Waals surface area contributed by atoms with Crippen LogP contribution < -0.4 is 10.2 Å². The Labute approximate surface area is 171 Å². The topological polar surface area (TPSA) is 58.0 Å². The number of piperazine rings is 1. The highest BCUT2D eigenvalue weighted by Crippen LogP contribution is 2.29. The molecule has 3 heterocycles. The number of furan rings is 1. The molecule has 2 aromatic rings. The van der Waals surface area contributed by atoms with E-state index in [4.69, 9.17) is 9.15 Å². The first-order chi connectivity index (χ1) is 12.2. The quantitative estimate of drug-likeness (QED) is 0.777. The molecule has 0 spiro atoms. The molecular formula is C19H25Cl2N3O3. The van der Waals surface area contributed by atoms with Crippen LogP contribution >= 0.6 is 24.8 Å². The predicted octanol–water partition coefficient (Wildman–Crippen LogP) is 2.84. The van der Waals surface area contributed by atoms with Crippen LogP contribution in [-0.4, -0.2) is 44.2 Å². The lowest BCUT2D eigenvalue weighted by molar-refractivity contribution is 0.0598. The fourth-order valence-electron chi connectivity index (χ4n) is 3.60. The highest BCUT2D eigenvalue weighted by molar-refractivity contribution is 5.91. The molecule has 0 radical (unpaired) electrons. The van der Waals surface area contributed by atoms with Gasteiger partial charge in [0.25, 0.3) is 0 Å². The van der Waals surface area contributed by atoms with Crippen LogP contribution in [0.2, 0.25) is 0 Å². The van der Waals surface area contributed by atoms with Gasteiger partial charge in [-0.25, -0.2) is 4.79 Å². The Morgan fingerprint density at radius 3 is 2.52 bits per heavy atom. The minimum absolute atomic E-state index is 0. The number of methoxy groups -OCH3 is 1. The molecule has 4 rings (SSSR count). The van der Waals surface area contributed by atoms with Crippen molar-refractivity contribution >= 4 is 36.5 Å². The third-order valence-electron chi connectivity index (χ3n) is 4.96. The molecule has 0 aliphatic carbocycles. The number of rotatable bonds is 4. The number of carbonyl (C=O) groups is 1. The first-order valence-corrected chi connectivity index (χ1v) is 8.69. The second-order valence-electron chi connectivity index (χ2n) is 6.59. The van der Waals surface area contributed by atoms with Gasteiger partial charge in [-0.3, -0.25) is 4.90 Å². The number of hydrogen-bond acceptors (Lipinski definition) is 6. The number of ether oxygens (including phenoxy) is 1. The molecule has 0 saturated carbocycles. The van der Waals surface area contributed by atoms with E-state index in [1.54, 1.807) is 0 Å². The predicted molar refractivity (Wildman–Crippen MR) is 109 cm³/mol. The summed E-state index contributed by atoms with van der Waals surface area (Å²) >= 11 is 0. The number of anilines is 1. The summed E-state index contributed by atoms with van der Waals surface area (Å²) in [6.07, 6.45) is 1.51. The van der Waals surface area contributed by atoms with Crippen molar-refractivity contribution in [3.05, 3.63) is 53.0 Å². The number of esters is 1. The Hall–Kier alpha value is -1.73. The van der Waals surface area contributed by atoms with Crippen molar-refractivity contribution in [3.63, 3.8) is 0 Å². The van der Waals surface area contributed by atoms with E-state index in [0.29, 0.717) is 5.56 Å². The molecule has 0 bridgehead atoms. The lowest BCUT2D eigenvalue weighted by Crippen LogP contribution is -2.43. The van der Waals surface area contributed by atoms with Gasteiger partial charge in [0.15, 0.2) is 0 Å². The molecule has 1 aromatic carbocycles. The van der Waals surface area contributed by atoms with Crippen LogP contribution in [0.15, 0.2) is 34.9 Å². The summed E-state index contributed by atoms with van der Waals surface area (Å²) in [5, 5.41) is 3.38. The zero-order chi connectivity index (χ0) is 17.2. The summed E-state index contributed by atoms with van der Waals surface area (Å²) in [6, 6.07) is 8.79. The monoisotopic (exact) mass is 413 g/mol. The molecule has 148 valence electrons. The van der Waals surface area contributed by atoms with Crippen molar-refractivity contribution in [3.8, 4) is 0 Å². The lowest BCUT2D eigenvalue weighted by Gasteiger charge is -2.29. The van der Waals surface area contributed by atoms with Crippen LogP contribution in [0.5, 0.6) is 0 Å². The molecule has 2 aliphatic rings. The van der Waals surface area contributed by atoms with E-state index in [2.05, 4.69) is 39.4 Å². The normalized spacial score (nSPS) is 16.3. The van der Waals surface area contributed by atoms with E-state index in [9.17, 15) is 4.79 Å². The maximum atomic E-state index is 11.8. The Kier molecular flexibility index (Phi) is 7.56. The maximum absolute atomic E-state index is 11.8. The number of benzene rings is 1. The molecule has 2 aliphatic heterocycles. The molecule has 0 amide bonds. The minimum atomic E-state index is -0.327. The summed E-state index contributed by atoms with van der Waals surface area (Å²) in [5.41, 5.74) is 4.06. The second-order valence-corrected chi connectivity index (χ2v) is 6.59. The third kappa shape index (κ3) is 4.58. The second kappa shape index (κ2) is 9.46. The zero-order valence-corrected chi connectivity index (χ0v) is 16.9. The van der Waals surface area contributed by atoms with Crippen LogP contribution in [0.4, 0.5) is 5.69 Å². The van der Waals surface area contributed by atoms with Gasteiger partial charge in [0.1, 0.15) is 17.6 Å². The molecule has 0 unspecified atom stereocenters. The van der Waals surface area contributed by atoms with E-state index in [0.717, 1.165) is 57.1 Å². The average Bonchev–Trinajstić information content (AvgIpc) is 3.22. The van der Waals surface area contributed by atoms with Crippen LogP contribution in [0, 0.1) is 0 Å². The summed E-state index contributed by atoms with van der Waals surface area (Å²) in [7, 11) is 1.40. The Bertz CT molecular complexity index is 758. The Morgan fingerprint density at radius 1 is 1.15 bits per heavy atom. The first-order valence-electron chi connectivity index (χ1n) is 8.69. The summed E-state index contributed by atoms with van der Waals surface area (Å²) in [5.74, 6) is 0.546. The van der Waals surface area contributed by atoms with Crippen molar-refractivity contribution in [1.29, 1.82) is 0 Å². The van der Waals surface area contributed by atoms with Crippen molar-refractivity contribution in [1.82, 2.24) is 10.2 Å². The number of nitrogens with zero attached hydrogens (tertiary/aromatic N) is 2. The molecular weight excluding hydrogens is 389 g/mol. The van der Waals surface area contributed by atoms with Gasteiger partial charge in [-0.2, -0.15) is 0 Å². The van der Waals surface area contributed by atoms with Gasteiger partial charge in [-0.05, 0) is 17.7 Å². The van der Waals surface area contributed by atoms with Gasteiger partial charge in [-0.1, -0.05) is 12.1 Å². The largest absolute Gasteiger partial charge is 0.467 e. The standard InChI is InChI=1S/C19H23N3O3.2ClH/c1-24-19(23)17-13-25-18-12-21(11-16(17)18)10-14-2-4-15(5-3-14)22-8-6-20-7-9-22;;/h2-5,13,20H,6-12H2,1H3;2*1H. The highest BCUT2D eigenvalue weighted by Gasteiger charge is 2.28. The van der Waals surface area contributed by atoms with Crippen molar-refractivity contribution < 1.29 is 13.9 Å². The number of carbonyl (C=O) groups excluding carboxylic acids is 1. The van der Waals surface area contributed by atoms with Crippen molar-refractivity contribution in [2.45, 2.75) is 19.6 Å². The van der Waals surface area contributed by atoms with Crippen LogP contribution in [-0.2, 0) is 24.4 Å². The summed E-state index contributed by atoms with van der Waals surface area (Å²) in [6.45, 7) is 6.49. The van der Waals surface area contributed by atoms with Crippen molar-refractivity contribution in [2.75, 3.05) is 38.2 Å². The number of fused-ring (bicyclic) bond motifs is 1. The van der Waals surface area contributed by atoms with Gasteiger partial charge in [0.05, 0.1) is 13.7 Å². The Morgan fingerprint density at radius 2 is 1.85 bits per heavy atom. The van der Waals surface area contributed by atoms with E-state index in [1.807, 2.05) is 0 Å². The lowest BCUT2D eigenvalue weighted by atomic mass is 10.1. The van der Waals surface area contributed by atoms with Gasteiger partial charge >= 0.3 is 5.97 Å². The van der Waals surface area contributed by atoms with E-state index >= 15 is 0 Å². The van der Waals surface area contributed by atoms with E-state index in [-0.39, 0.29) is 30.8 Å². The van der Waals surface area contributed by atoms with Crippen LogP contribution in [0.3, 0.4) is 0 Å². The number of halogens is 2. The average molecular weight is 414 g/mol. The highest BCUT2D eigenvalue weighted by atomic mass is 35.5. The summed E-state index contributed by atoms with van der Waals surface area (Å²) in [4.78, 5) is 16.5. The molecule has 8 heteroatoms. The van der Waals surface area contributed by atoms with Crippen molar-refractivity contribution in [2.24, 2.45) is 0 Å². The fraction of sp³-hybridized carbons (Fsp3) is 0.421. The SMILES string of the molecule is COC(=O)c1coc2c1CN(Cc1ccc(N3CCNCC3)cc1)C2.Cl.Cl. The smallest absolute Gasteiger partial charge is 0.341 e. The number of hydrogen-bond donors (Lipinski definition) is 1. The van der Waals surface area contributed by atoms with Gasteiger partial charge < -0.3 is 19.4 Å². The number of nitrogens with one attached hydrogen (secondary N) is 1. The fourth-order valence-corrected chi connectivity index (χ4v) is 3.60. The summed E-state index contributed by atoms with van der Waals surface area (Å²) < 4.78 is 10.4. The van der Waals surface area contributed by atoms with Gasteiger partial charge in [0.2, 0.25) is 0 Å². The molecule has 27 heavy (non-hydrogen) atoms. The maximum Gasteiger partial charge on any atom is 0.341 e. The zero-order valence-electron chi connectivity index (χ0n) is 15.3. The molecule has 0 atom stereocenters. The van der Waals surface area contributed by atoms with Crippen LogP contribution in [0.25, 0.3) is 0 Å². The molecule has 1 saturated heterocycles. The molecule has 1 fully saturated rings. The van der Waals surface area contributed by atoms with E-state index in [1.165, 1.54) is 24.6 Å². The molecule has 6 nitrogen and oxygen atoms in total. The van der Waals surface area contributed by atoms with Gasteiger partial charge in [0, 0.05) is 50.5 Å². The first kappa shape index (κ1) is 21.6.